The zero-order valence-corrected chi connectivity index (χ0v) is 17.3. The van der Waals surface area contributed by atoms with Crippen LogP contribution in [0.4, 0.5) is 0 Å². The van der Waals surface area contributed by atoms with Crippen molar-refractivity contribution in [2.45, 2.75) is 26.2 Å². The third-order valence-electron chi connectivity index (χ3n) is 4.64. The van der Waals surface area contributed by atoms with Crippen molar-refractivity contribution >= 4 is 18.1 Å². The number of rotatable bonds is 5. The number of ether oxygens (including phenoxy) is 2. The number of carbonyl (C=O) groups is 1. The molecule has 0 aliphatic carbocycles. The monoisotopic (exact) mass is 386 g/mol. The lowest BCUT2D eigenvalue weighted by Gasteiger charge is -2.19. The van der Waals surface area contributed by atoms with Crippen LogP contribution in [0, 0.1) is 0 Å². The lowest BCUT2D eigenvalue weighted by molar-refractivity contribution is 0.0729. The highest BCUT2D eigenvalue weighted by Crippen LogP contribution is 2.30. The Morgan fingerprint density at radius 3 is 2.07 bits per heavy atom. The molecule has 148 valence electrons. The van der Waals surface area contributed by atoms with Crippen LogP contribution < -0.4 is 9.47 Å². The van der Waals surface area contributed by atoms with E-state index in [1.165, 1.54) is 5.56 Å². The first-order valence-electron chi connectivity index (χ1n) is 9.61. The van der Waals surface area contributed by atoms with Gasteiger partial charge in [-0.1, -0.05) is 81.5 Å². The minimum atomic E-state index is -0.406. The van der Waals surface area contributed by atoms with Crippen LogP contribution in [0.3, 0.4) is 0 Å². The molecule has 0 spiro atoms. The van der Waals surface area contributed by atoms with E-state index in [0.717, 1.165) is 11.1 Å². The molecule has 3 nitrogen and oxygen atoms in total. The van der Waals surface area contributed by atoms with Gasteiger partial charge in [0.2, 0.25) is 0 Å². The van der Waals surface area contributed by atoms with Crippen LogP contribution in [0.2, 0.25) is 0 Å². The molecule has 0 radical (unpaired) electrons. The van der Waals surface area contributed by atoms with Crippen molar-refractivity contribution in [3.63, 3.8) is 0 Å². The van der Waals surface area contributed by atoms with Crippen LogP contribution in [0.5, 0.6) is 11.5 Å². The summed E-state index contributed by atoms with van der Waals surface area (Å²) in [6, 6.07) is 23.1. The Bertz CT molecular complexity index is 994. The molecule has 3 aromatic carbocycles. The summed E-state index contributed by atoms with van der Waals surface area (Å²) in [4.78, 5) is 12.5. The normalized spacial score (nSPS) is 11.4. The Hall–Kier alpha value is -3.33. The van der Waals surface area contributed by atoms with Gasteiger partial charge in [0.1, 0.15) is 0 Å². The summed E-state index contributed by atoms with van der Waals surface area (Å²) in [7, 11) is 1.56. The van der Waals surface area contributed by atoms with E-state index in [1.54, 1.807) is 25.3 Å². The molecule has 0 aliphatic heterocycles. The Morgan fingerprint density at radius 2 is 1.45 bits per heavy atom. The molecule has 0 fully saturated rings. The molecule has 29 heavy (non-hydrogen) atoms. The molecule has 0 bridgehead atoms. The fraction of sp³-hybridized carbons (Fsp3) is 0.192. The summed E-state index contributed by atoms with van der Waals surface area (Å²) in [5, 5.41) is 0. The van der Waals surface area contributed by atoms with Gasteiger partial charge in [-0.15, -0.1) is 0 Å². The molecule has 0 N–H and O–H groups in total. The molecule has 3 heteroatoms. The Morgan fingerprint density at radius 1 is 0.793 bits per heavy atom. The highest BCUT2D eigenvalue weighted by Gasteiger charge is 2.16. The number of benzene rings is 3. The maximum atomic E-state index is 12.5. The van der Waals surface area contributed by atoms with Crippen LogP contribution >= 0.6 is 0 Å². The van der Waals surface area contributed by atoms with E-state index in [0.29, 0.717) is 17.1 Å². The van der Waals surface area contributed by atoms with Gasteiger partial charge in [0.15, 0.2) is 11.5 Å². The van der Waals surface area contributed by atoms with Crippen molar-refractivity contribution in [2.75, 3.05) is 7.11 Å². The first-order valence-corrected chi connectivity index (χ1v) is 9.61. The van der Waals surface area contributed by atoms with Gasteiger partial charge in [-0.3, -0.25) is 0 Å². The van der Waals surface area contributed by atoms with E-state index in [4.69, 9.17) is 9.47 Å². The second-order valence-corrected chi connectivity index (χ2v) is 7.87. The Balaban J connectivity index is 1.75. The van der Waals surface area contributed by atoms with Gasteiger partial charge >= 0.3 is 5.97 Å². The van der Waals surface area contributed by atoms with Gasteiger partial charge in [-0.05, 0) is 46.4 Å². The number of carbonyl (C=O) groups excluding carboxylic acids is 1. The molecule has 0 saturated heterocycles. The standard InChI is InChI=1S/C26H26O3/c1-26(2,3)22-15-13-21(14-16-22)25(27)29-23-17-12-20(18-24(23)28-4)11-10-19-8-6-5-7-9-19/h5-18H,1-4H3. The summed E-state index contributed by atoms with van der Waals surface area (Å²) < 4.78 is 11.0. The van der Waals surface area contributed by atoms with E-state index in [-0.39, 0.29) is 5.41 Å². The lowest BCUT2D eigenvalue weighted by atomic mass is 9.87. The maximum Gasteiger partial charge on any atom is 0.343 e. The molecule has 0 atom stereocenters. The van der Waals surface area contributed by atoms with Crippen LogP contribution in [-0.2, 0) is 5.41 Å². The quantitative estimate of drug-likeness (QED) is 0.290. The lowest BCUT2D eigenvalue weighted by Crippen LogP contribution is -2.13. The SMILES string of the molecule is COc1cc(C=Cc2ccccc2)ccc1OC(=O)c1ccc(C(C)(C)C)cc1. The summed E-state index contributed by atoms with van der Waals surface area (Å²) >= 11 is 0. The van der Waals surface area contributed by atoms with Crippen molar-refractivity contribution in [3.05, 3.63) is 95.1 Å². The number of hydrogen-bond acceptors (Lipinski definition) is 3. The zero-order valence-electron chi connectivity index (χ0n) is 17.3. The molecule has 0 aliphatic rings. The molecular formula is C26H26O3. The minimum Gasteiger partial charge on any atom is -0.493 e. The fourth-order valence-electron chi connectivity index (χ4n) is 2.89. The zero-order chi connectivity index (χ0) is 20.9. The topological polar surface area (TPSA) is 35.5 Å². The smallest absolute Gasteiger partial charge is 0.343 e. The van der Waals surface area contributed by atoms with E-state index < -0.39 is 5.97 Å². The second-order valence-electron chi connectivity index (χ2n) is 7.87. The van der Waals surface area contributed by atoms with Gasteiger partial charge in [-0.25, -0.2) is 4.79 Å². The third kappa shape index (κ3) is 5.35. The van der Waals surface area contributed by atoms with Crippen LogP contribution in [0.15, 0.2) is 72.8 Å². The van der Waals surface area contributed by atoms with Crippen molar-refractivity contribution in [2.24, 2.45) is 0 Å². The highest BCUT2D eigenvalue weighted by atomic mass is 16.6. The van der Waals surface area contributed by atoms with Gasteiger partial charge in [0.25, 0.3) is 0 Å². The van der Waals surface area contributed by atoms with E-state index in [1.807, 2.05) is 66.7 Å². The molecule has 3 aromatic rings. The largest absolute Gasteiger partial charge is 0.493 e. The predicted octanol–water partition coefficient (Wildman–Crippen LogP) is 6.38. The Labute approximate surface area is 172 Å². The molecule has 0 amide bonds. The van der Waals surface area contributed by atoms with E-state index in [9.17, 15) is 4.79 Å². The van der Waals surface area contributed by atoms with Gasteiger partial charge in [-0.2, -0.15) is 0 Å². The van der Waals surface area contributed by atoms with Crippen molar-refractivity contribution in [1.29, 1.82) is 0 Å². The van der Waals surface area contributed by atoms with Gasteiger partial charge < -0.3 is 9.47 Å². The second kappa shape index (κ2) is 8.78. The maximum absolute atomic E-state index is 12.5. The molecule has 0 saturated carbocycles. The van der Waals surface area contributed by atoms with Gasteiger partial charge in [0, 0.05) is 0 Å². The first-order chi connectivity index (χ1) is 13.9. The average Bonchev–Trinajstić information content (AvgIpc) is 2.73. The minimum absolute atomic E-state index is 0.0365. The van der Waals surface area contributed by atoms with Gasteiger partial charge in [0.05, 0.1) is 12.7 Å². The molecule has 3 rings (SSSR count). The number of esters is 1. The van der Waals surface area contributed by atoms with Crippen molar-refractivity contribution in [1.82, 2.24) is 0 Å². The van der Waals surface area contributed by atoms with Crippen LogP contribution in [0.25, 0.3) is 12.2 Å². The summed E-state index contributed by atoms with van der Waals surface area (Å²) in [6.07, 6.45) is 4.02. The highest BCUT2D eigenvalue weighted by molar-refractivity contribution is 5.91. The van der Waals surface area contributed by atoms with Crippen LogP contribution in [-0.4, -0.2) is 13.1 Å². The fourth-order valence-corrected chi connectivity index (χ4v) is 2.89. The van der Waals surface area contributed by atoms with E-state index >= 15 is 0 Å². The van der Waals surface area contributed by atoms with Crippen LogP contribution in [0.1, 0.15) is 47.8 Å². The molecular weight excluding hydrogens is 360 g/mol. The Kier molecular flexibility index (Phi) is 6.18. The summed E-state index contributed by atoms with van der Waals surface area (Å²) in [5.41, 5.74) is 3.78. The number of hydrogen-bond donors (Lipinski definition) is 0. The molecule has 0 unspecified atom stereocenters. The molecule has 0 aromatic heterocycles. The van der Waals surface area contributed by atoms with Crippen molar-refractivity contribution in [3.8, 4) is 11.5 Å². The average molecular weight is 386 g/mol. The van der Waals surface area contributed by atoms with Crippen molar-refractivity contribution < 1.29 is 14.3 Å². The summed E-state index contributed by atoms with van der Waals surface area (Å²) in [5.74, 6) is 0.505. The number of methoxy groups -OCH3 is 1. The van der Waals surface area contributed by atoms with E-state index in [2.05, 4.69) is 20.8 Å². The predicted molar refractivity (Wildman–Crippen MR) is 118 cm³/mol. The third-order valence-corrected chi connectivity index (χ3v) is 4.64. The summed E-state index contributed by atoms with van der Waals surface area (Å²) in [6.45, 7) is 6.41. The molecule has 0 heterocycles. The first kappa shape index (κ1) is 20.4.